The summed E-state index contributed by atoms with van der Waals surface area (Å²) < 4.78 is 28.8. The van der Waals surface area contributed by atoms with E-state index in [4.69, 9.17) is 0 Å². The van der Waals surface area contributed by atoms with Gasteiger partial charge in [0.05, 0.1) is 4.90 Å². The number of benzene rings is 1. The standard InChI is InChI=1S/C17H18N6O3S2/c1-23-11-10-20-17(23)27-12-7-15(24)21-13-3-5-14(6-4-13)28(25,26)22-16-18-8-2-9-19-16/h2-6,8-11H,7,12H2,1H3,(H,21,24)(H,18,19,22). The second-order valence-corrected chi connectivity index (χ2v) is 8.41. The summed E-state index contributed by atoms with van der Waals surface area (Å²) in [4.78, 5) is 23.9. The molecule has 3 aromatic rings. The Kier molecular flexibility index (Phi) is 6.26. The van der Waals surface area contributed by atoms with Crippen molar-refractivity contribution in [1.29, 1.82) is 0 Å². The molecule has 11 heteroatoms. The maximum Gasteiger partial charge on any atom is 0.264 e. The van der Waals surface area contributed by atoms with E-state index in [-0.39, 0.29) is 16.8 Å². The van der Waals surface area contributed by atoms with Gasteiger partial charge in [-0.1, -0.05) is 11.8 Å². The molecular formula is C17H18N6O3S2. The molecule has 1 aromatic carbocycles. The summed E-state index contributed by atoms with van der Waals surface area (Å²) >= 11 is 1.49. The van der Waals surface area contributed by atoms with Crippen molar-refractivity contribution in [1.82, 2.24) is 19.5 Å². The maximum atomic E-state index is 12.3. The van der Waals surface area contributed by atoms with E-state index < -0.39 is 10.0 Å². The fourth-order valence-electron chi connectivity index (χ4n) is 2.20. The Morgan fingerprint density at radius 3 is 2.46 bits per heavy atom. The Morgan fingerprint density at radius 2 is 1.82 bits per heavy atom. The highest BCUT2D eigenvalue weighted by Crippen LogP contribution is 2.18. The Labute approximate surface area is 166 Å². The fraction of sp³-hybridized carbons (Fsp3) is 0.176. The minimum atomic E-state index is -3.80. The van der Waals surface area contributed by atoms with Gasteiger partial charge in [0, 0.05) is 49.7 Å². The number of aromatic nitrogens is 4. The Hall–Kier alpha value is -2.92. The predicted octanol–water partition coefficient (Wildman–Crippen LogP) is 2.13. The zero-order valence-electron chi connectivity index (χ0n) is 14.9. The van der Waals surface area contributed by atoms with Crippen LogP contribution in [-0.4, -0.2) is 39.6 Å². The minimum Gasteiger partial charge on any atom is -0.329 e. The van der Waals surface area contributed by atoms with E-state index >= 15 is 0 Å². The molecule has 0 atom stereocenters. The first-order valence-electron chi connectivity index (χ1n) is 8.24. The normalized spacial score (nSPS) is 11.2. The first-order chi connectivity index (χ1) is 13.4. The highest BCUT2D eigenvalue weighted by Gasteiger charge is 2.15. The third-order valence-electron chi connectivity index (χ3n) is 3.58. The molecule has 0 aliphatic carbocycles. The van der Waals surface area contributed by atoms with Crippen LogP contribution in [0.5, 0.6) is 0 Å². The average Bonchev–Trinajstić information content (AvgIpc) is 3.07. The lowest BCUT2D eigenvalue weighted by Crippen LogP contribution is -2.15. The number of carbonyl (C=O) groups is 1. The first-order valence-corrected chi connectivity index (χ1v) is 10.7. The number of nitrogens with zero attached hydrogens (tertiary/aromatic N) is 4. The van der Waals surface area contributed by atoms with Crippen LogP contribution >= 0.6 is 11.8 Å². The van der Waals surface area contributed by atoms with Gasteiger partial charge in [-0.3, -0.25) is 4.79 Å². The molecular weight excluding hydrogens is 400 g/mol. The largest absolute Gasteiger partial charge is 0.329 e. The number of nitrogens with one attached hydrogen (secondary N) is 2. The predicted molar refractivity (Wildman–Crippen MR) is 106 cm³/mol. The van der Waals surface area contributed by atoms with Gasteiger partial charge in [0.15, 0.2) is 5.16 Å². The van der Waals surface area contributed by atoms with E-state index in [1.807, 2.05) is 17.8 Å². The first kappa shape index (κ1) is 19.8. The number of aryl methyl sites for hydroxylation is 1. The summed E-state index contributed by atoms with van der Waals surface area (Å²) in [5, 5.41) is 3.59. The van der Waals surface area contributed by atoms with Gasteiger partial charge in [-0.15, -0.1) is 0 Å². The Morgan fingerprint density at radius 1 is 1.11 bits per heavy atom. The molecule has 146 valence electrons. The van der Waals surface area contributed by atoms with Crippen molar-refractivity contribution >= 4 is 39.3 Å². The van der Waals surface area contributed by atoms with Gasteiger partial charge in [-0.25, -0.2) is 28.1 Å². The quantitative estimate of drug-likeness (QED) is 0.538. The van der Waals surface area contributed by atoms with Crippen LogP contribution in [0.15, 0.2) is 65.2 Å². The van der Waals surface area contributed by atoms with Gasteiger partial charge in [-0.05, 0) is 30.3 Å². The summed E-state index contributed by atoms with van der Waals surface area (Å²) in [5.74, 6) is 0.419. The lowest BCUT2D eigenvalue weighted by Gasteiger charge is -2.08. The van der Waals surface area contributed by atoms with Crippen molar-refractivity contribution in [2.75, 3.05) is 15.8 Å². The number of sulfonamides is 1. The average molecular weight is 419 g/mol. The fourth-order valence-corrected chi connectivity index (χ4v) is 4.03. The third kappa shape index (κ3) is 5.30. The molecule has 0 bridgehead atoms. The number of rotatable bonds is 8. The Balaban J connectivity index is 1.53. The topological polar surface area (TPSA) is 119 Å². The molecule has 0 radical (unpaired) electrons. The second kappa shape index (κ2) is 8.85. The molecule has 2 N–H and O–H groups in total. The smallest absolute Gasteiger partial charge is 0.264 e. The van der Waals surface area contributed by atoms with Crippen LogP contribution in [0.25, 0.3) is 0 Å². The van der Waals surface area contributed by atoms with Crippen molar-refractivity contribution in [3.05, 3.63) is 55.1 Å². The summed E-state index contributed by atoms with van der Waals surface area (Å²) in [6.07, 6.45) is 6.74. The minimum absolute atomic E-state index is 0.00917. The van der Waals surface area contributed by atoms with Crippen molar-refractivity contribution in [2.24, 2.45) is 7.05 Å². The number of imidazole rings is 1. The summed E-state index contributed by atoms with van der Waals surface area (Å²) in [5.41, 5.74) is 0.516. The van der Waals surface area contributed by atoms with Crippen LogP contribution < -0.4 is 10.0 Å². The zero-order chi connectivity index (χ0) is 20.0. The molecule has 2 heterocycles. The van der Waals surface area contributed by atoms with E-state index in [1.165, 1.54) is 48.4 Å². The van der Waals surface area contributed by atoms with Crippen molar-refractivity contribution in [3.63, 3.8) is 0 Å². The van der Waals surface area contributed by atoms with Crippen LogP contribution in [0.2, 0.25) is 0 Å². The molecule has 0 fully saturated rings. The van der Waals surface area contributed by atoms with Gasteiger partial charge >= 0.3 is 0 Å². The van der Waals surface area contributed by atoms with E-state index in [1.54, 1.807) is 12.3 Å². The molecule has 9 nitrogen and oxygen atoms in total. The van der Waals surface area contributed by atoms with Crippen LogP contribution in [0, 0.1) is 0 Å². The lowest BCUT2D eigenvalue weighted by molar-refractivity contribution is -0.115. The SMILES string of the molecule is Cn1ccnc1SCCC(=O)Nc1ccc(S(=O)(=O)Nc2ncccn2)cc1. The van der Waals surface area contributed by atoms with Gasteiger partial charge in [0.2, 0.25) is 11.9 Å². The van der Waals surface area contributed by atoms with Gasteiger partial charge in [0.25, 0.3) is 10.0 Å². The van der Waals surface area contributed by atoms with Crippen LogP contribution in [0.3, 0.4) is 0 Å². The number of thioether (sulfide) groups is 1. The number of amides is 1. The number of carbonyl (C=O) groups excluding carboxylic acids is 1. The van der Waals surface area contributed by atoms with Crippen LogP contribution in [-0.2, 0) is 21.9 Å². The van der Waals surface area contributed by atoms with Crippen molar-refractivity contribution in [2.45, 2.75) is 16.5 Å². The number of hydrogen-bond acceptors (Lipinski definition) is 7. The molecule has 0 aliphatic rings. The third-order valence-corrected chi connectivity index (χ3v) is 5.98. The van der Waals surface area contributed by atoms with Gasteiger partial charge in [0.1, 0.15) is 0 Å². The molecule has 0 aliphatic heterocycles. The van der Waals surface area contributed by atoms with E-state index in [2.05, 4.69) is 25.0 Å². The second-order valence-electron chi connectivity index (χ2n) is 5.67. The van der Waals surface area contributed by atoms with E-state index in [0.29, 0.717) is 17.9 Å². The molecule has 0 saturated carbocycles. The van der Waals surface area contributed by atoms with Gasteiger partial charge in [-0.2, -0.15) is 0 Å². The zero-order valence-corrected chi connectivity index (χ0v) is 16.6. The number of anilines is 2. The maximum absolute atomic E-state index is 12.3. The molecule has 2 aromatic heterocycles. The summed E-state index contributed by atoms with van der Waals surface area (Å²) in [7, 11) is -1.91. The molecule has 3 rings (SSSR count). The molecule has 0 spiro atoms. The van der Waals surface area contributed by atoms with Crippen molar-refractivity contribution < 1.29 is 13.2 Å². The summed E-state index contributed by atoms with van der Waals surface area (Å²) in [6, 6.07) is 7.46. The van der Waals surface area contributed by atoms with Crippen molar-refractivity contribution in [3.8, 4) is 0 Å². The van der Waals surface area contributed by atoms with Gasteiger partial charge < -0.3 is 9.88 Å². The summed E-state index contributed by atoms with van der Waals surface area (Å²) in [6.45, 7) is 0. The lowest BCUT2D eigenvalue weighted by atomic mass is 10.3. The van der Waals surface area contributed by atoms with E-state index in [9.17, 15) is 13.2 Å². The number of hydrogen-bond donors (Lipinski definition) is 2. The monoisotopic (exact) mass is 418 g/mol. The highest BCUT2D eigenvalue weighted by atomic mass is 32.2. The highest BCUT2D eigenvalue weighted by molar-refractivity contribution is 7.99. The molecule has 0 unspecified atom stereocenters. The molecule has 1 amide bonds. The molecule has 28 heavy (non-hydrogen) atoms. The molecule has 0 saturated heterocycles. The van der Waals surface area contributed by atoms with E-state index in [0.717, 1.165) is 5.16 Å². The van der Waals surface area contributed by atoms with Crippen LogP contribution in [0.4, 0.5) is 11.6 Å². The van der Waals surface area contributed by atoms with Crippen LogP contribution in [0.1, 0.15) is 6.42 Å². The Bertz CT molecular complexity index is 1040.